The maximum atomic E-state index is 12.6. The highest BCUT2D eigenvalue weighted by molar-refractivity contribution is 9.11. The number of benzene rings is 1. The van der Waals surface area contributed by atoms with E-state index in [2.05, 4.69) is 20.8 Å². The molecule has 1 aliphatic heterocycles. The van der Waals surface area contributed by atoms with E-state index < -0.39 is 0 Å². The van der Waals surface area contributed by atoms with Gasteiger partial charge in [-0.2, -0.15) is 0 Å². The minimum atomic E-state index is 0.0954. The van der Waals surface area contributed by atoms with Crippen molar-refractivity contribution in [2.45, 2.75) is 0 Å². The number of carbonyl (C=O) groups is 1. The molecule has 1 aliphatic rings. The van der Waals surface area contributed by atoms with E-state index in [4.69, 9.17) is 14.5 Å². The average molecular weight is 468 g/mol. The van der Waals surface area contributed by atoms with Crippen LogP contribution in [0.25, 0.3) is 10.2 Å². The van der Waals surface area contributed by atoms with Crippen LogP contribution in [0.15, 0.2) is 28.1 Å². The van der Waals surface area contributed by atoms with E-state index in [-0.39, 0.29) is 5.91 Å². The van der Waals surface area contributed by atoms with Gasteiger partial charge in [-0.25, -0.2) is 4.98 Å². The van der Waals surface area contributed by atoms with Gasteiger partial charge in [-0.15, -0.1) is 11.3 Å². The predicted molar refractivity (Wildman–Crippen MR) is 113 cm³/mol. The summed E-state index contributed by atoms with van der Waals surface area (Å²) in [5.74, 6) is 1.63. The second kappa shape index (κ2) is 7.65. The second-order valence-electron chi connectivity index (χ2n) is 6.03. The number of ether oxygens (including phenoxy) is 2. The van der Waals surface area contributed by atoms with Crippen molar-refractivity contribution in [1.82, 2.24) is 9.88 Å². The third kappa shape index (κ3) is 3.51. The van der Waals surface area contributed by atoms with Crippen molar-refractivity contribution >= 4 is 59.9 Å². The summed E-state index contributed by atoms with van der Waals surface area (Å²) >= 11 is 6.48. The highest BCUT2D eigenvalue weighted by atomic mass is 79.9. The molecule has 0 aliphatic carbocycles. The van der Waals surface area contributed by atoms with Crippen LogP contribution in [-0.4, -0.2) is 56.2 Å². The van der Waals surface area contributed by atoms with Crippen molar-refractivity contribution in [3.63, 3.8) is 0 Å². The number of rotatable bonds is 4. The van der Waals surface area contributed by atoms with Crippen molar-refractivity contribution in [2.75, 3.05) is 45.3 Å². The number of thiazole rings is 1. The first kappa shape index (κ1) is 18.5. The molecule has 0 saturated carbocycles. The van der Waals surface area contributed by atoms with Gasteiger partial charge in [0.25, 0.3) is 5.91 Å². The molecule has 142 valence electrons. The van der Waals surface area contributed by atoms with Crippen LogP contribution >= 0.6 is 38.6 Å². The van der Waals surface area contributed by atoms with E-state index in [9.17, 15) is 4.79 Å². The minimum absolute atomic E-state index is 0.0954. The molecular weight excluding hydrogens is 450 g/mol. The Kier molecular flexibility index (Phi) is 5.25. The zero-order chi connectivity index (χ0) is 19.0. The van der Waals surface area contributed by atoms with Crippen LogP contribution in [0.4, 0.5) is 5.13 Å². The largest absolute Gasteiger partial charge is 0.495 e. The Hall–Kier alpha value is -1.84. The predicted octanol–water partition coefficient (Wildman–Crippen LogP) is 4.10. The molecule has 9 heteroatoms. The number of methoxy groups -OCH3 is 2. The summed E-state index contributed by atoms with van der Waals surface area (Å²) in [5, 5.41) is 0.929. The van der Waals surface area contributed by atoms with Gasteiger partial charge >= 0.3 is 0 Å². The maximum Gasteiger partial charge on any atom is 0.264 e. The SMILES string of the molecule is COc1ccc(OC)c2sc(N3CCN(C(=O)c4ccc(Br)s4)CC3)nc12. The molecule has 3 heterocycles. The Labute approximate surface area is 173 Å². The molecule has 0 bridgehead atoms. The molecular formula is C18H18BrN3O3S2. The first-order valence-electron chi connectivity index (χ1n) is 8.42. The second-order valence-corrected chi connectivity index (χ2v) is 9.47. The maximum absolute atomic E-state index is 12.6. The molecule has 27 heavy (non-hydrogen) atoms. The van der Waals surface area contributed by atoms with Crippen LogP contribution in [0.5, 0.6) is 11.5 Å². The van der Waals surface area contributed by atoms with Crippen LogP contribution in [0, 0.1) is 0 Å². The van der Waals surface area contributed by atoms with Crippen molar-refractivity contribution in [3.05, 3.63) is 32.9 Å². The van der Waals surface area contributed by atoms with Crippen molar-refractivity contribution < 1.29 is 14.3 Å². The first-order valence-corrected chi connectivity index (χ1v) is 10.8. The van der Waals surface area contributed by atoms with E-state index in [1.165, 1.54) is 11.3 Å². The fraction of sp³-hybridized carbons (Fsp3) is 0.333. The van der Waals surface area contributed by atoms with Gasteiger partial charge in [-0.1, -0.05) is 11.3 Å². The van der Waals surface area contributed by atoms with E-state index in [1.807, 2.05) is 29.2 Å². The molecule has 0 spiro atoms. The number of hydrogen-bond acceptors (Lipinski definition) is 7. The number of amides is 1. The topological polar surface area (TPSA) is 54.9 Å². The Balaban J connectivity index is 1.52. The number of aromatic nitrogens is 1. The highest BCUT2D eigenvalue weighted by Gasteiger charge is 2.25. The normalized spacial score (nSPS) is 14.6. The van der Waals surface area contributed by atoms with Gasteiger partial charge in [0.2, 0.25) is 0 Å². The molecule has 6 nitrogen and oxygen atoms in total. The van der Waals surface area contributed by atoms with Gasteiger partial charge in [-0.3, -0.25) is 4.79 Å². The fourth-order valence-corrected chi connectivity index (χ4v) is 5.58. The van der Waals surface area contributed by atoms with Gasteiger partial charge in [0.1, 0.15) is 21.7 Å². The monoisotopic (exact) mass is 467 g/mol. The Morgan fingerprint density at radius 2 is 1.74 bits per heavy atom. The number of carbonyl (C=O) groups excluding carboxylic acids is 1. The van der Waals surface area contributed by atoms with Crippen LogP contribution in [-0.2, 0) is 0 Å². The zero-order valence-electron chi connectivity index (χ0n) is 14.9. The molecule has 3 aromatic rings. The summed E-state index contributed by atoms with van der Waals surface area (Å²) in [6.07, 6.45) is 0. The van der Waals surface area contributed by atoms with E-state index in [1.54, 1.807) is 25.6 Å². The molecule has 1 saturated heterocycles. The summed E-state index contributed by atoms with van der Waals surface area (Å²) < 4.78 is 12.9. The number of nitrogens with zero attached hydrogens (tertiary/aromatic N) is 3. The molecule has 2 aromatic heterocycles. The molecule has 0 atom stereocenters. The molecule has 0 unspecified atom stereocenters. The van der Waals surface area contributed by atoms with Crippen molar-refractivity contribution in [2.24, 2.45) is 0 Å². The molecule has 4 rings (SSSR count). The Morgan fingerprint density at radius 3 is 2.37 bits per heavy atom. The van der Waals surface area contributed by atoms with Gasteiger partial charge in [0.15, 0.2) is 5.13 Å². The Morgan fingerprint density at radius 1 is 1.04 bits per heavy atom. The van der Waals surface area contributed by atoms with E-state index in [0.717, 1.165) is 48.6 Å². The van der Waals surface area contributed by atoms with E-state index >= 15 is 0 Å². The molecule has 1 amide bonds. The number of halogens is 1. The number of fused-ring (bicyclic) bond motifs is 1. The summed E-state index contributed by atoms with van der Waals surface area (Å²) in [6, 6.07) is 7.56. The van der Waals surface area contributed by atoms with Crippen LogP contribution in [0.1, 0.15) is 9.67 Å². The quantitative estimate of drug-likeness (QED) is 0.577. The molecule has 0 N–H and O–H groups in total. The number of anilines is 1. The van der Waals surface area contributed by atoms with Gasteiger partial charge in [-0.05, 0) is 40.2 Å². The number of hydrogen-bond donors (Lipinski definition) is 0. The lowest BCUT2D eigenvalue weighted by Crippen LogP contribution is -2.48. The lowest BCUT2D eigenvalue weighted by atomic mass is 10.3. The third-order valence-electron chi connectivity index (χ3n) is 4.52. The van der Waals surface area contributed by atoms with Crippen LogP contribution in [0.3, 0.4) is 0 Å². The molecule has 1 fully saturated rings. The number of piperazine rings is 1. The lowest BCUT2D eigenvalue weighted by molar-refractivity contribution is 0.0751. The summed E-state index contributed by atoms with van der Waals surface area (Å²) in [7, 11) is 3.31. The average Bonchev–Trinajstić information content (AvgIpc) is 3.33. The van der Waals surface area contributed by atoms with Gasteiger partial charge < -0.3 is 19.3 Å². The summed E-state index contributed by atoms with van der Waals surface area (Å²) in [6.45, 7) is 2.86. The lowest BCUT2D eigenvalue weighted by Gasteiger charge is -2.34. The Bertz CT molecular complexity index is 939. The number of thiophene rings is 1. The first-order chi connectivity index (χ1) is 13.1. The fourth-order valence-electron chi connectivity index (χ4n) is 3.10. The highest BCUT2D eigenvalue weighted by Crippen LogP contribution is 2.40. The smallest absolute Gasteiger partial charge is 0.264 e. The standard InChI is InChI=1S/C18H18BrN3O3S2/c1-24-11-3-4-12(25-2)16-15(11)20-18(27-16)22-9-7-21(8-10-22)17(23)13-5-6-14(19)26-13/h3-6H,7-10H2,1-2H3. The van der Waals surface area contributed by atoms with Crippen LogP contribution < -0.4 is 14.4 Å². The summed E-state index contributed by atoms with van der Waals surface area (Å²) in [4.78, 5) is 22.3. The minimum Gasteiger partial charge on any atom is -0.495 e. The van der Waals surface area contributed by atoms with Crippen molar-refractivity contribution in [1.29, 1.82) is 0 Å². The third-order valence-corrected chi connectivity index (χ3v) is 7.26. The molecule has 0 radical (unpaired) electrons. The van der Waals surface area contributed by atoms with Gasteiger partial charge in [0, 0.05) is 26.2 Å². The van der Waals surface area contributed by atoms with E-state index in [0.29, 0.717) is 13.1 Å². The van der Waals surface area contributed by atoms with Crippen molar-refractivity contribution in [3.8, 4) is 11.5 Å². The van der Waals surface area contributed by atoms with Crippen LogP contribution in [0.2, 0.25) is 0 Å². The van der Waals surface area contributed by atoms with Gasteiger partial charge in [0.05, 0.1) is 22.9 Å². The summed E-state index contributed by atoms with van der Waals surface area (Å²) in [5.41, 5.74) is 0.818. The zero-order valence-corrected chi connectivity index (χ0v) is 18.1. The molecule has 1 aromatic carbocycles.